The second-order valence-electron chi connectivity index (χ2n) is 7.26. The molecule has 1 fully saturated rings. The van der Waals surface area contributed by atoms with E-state index in [-0.39, 0.29) is 17.6 Å². The summed E-state index contributed by atoms with van der Waals surface area (Å²) >= 11 is 0. The first-order valence-electron chi connectivity index (χ1n) is 9.21. The zero-order valence-corrected chi connectivity index (χ0v) is 14.8. The predicted octanol–water partition coefficient (Wildman–Crippen LogP) is 3.34. The Hall–Kier alpha value is -3.02. The number of hydrogen-bond donors (Lipinski definition) is 0. The molecule has 0 saturated carbocycles. The quantitative estimate of drug-likeness (QED) is 0.703. The Bertz CT molecular complexity index is 983. The fraction of sp³-hybridized carbons (Fsp3) is 0.286. The summed E-state index contributed by atoms with van der Waals surface area (Å²) in [4.78, 5) is 23.5. The van der Waals surface area contributed by atoms with Crippen LogP contribution in [-0.4, -0.2) is 38.4 Å². The first-order chi connectivity index (χ1) is 13.2. The lowest BCUT2D eigenvalue weighted by atomic mass is 9.89. The lowest BCUT2D eigenvalue weighted by Crippen LogP contribution is -2.28. The van der Waals surface area contributed by atoms with Crippen LogP contribution in [0.5, 0.6) is 0 Å². The summed E-state index contributed by atoms with van der Waals surface area (Å²) in [6.45, 7) is 2.30. The number of halogens is 1. The van der Waals surface area contributed by atoms with E-state index in [1.54, 1.807) is 24.5 Å². The maximum Gasteiger partial charge on any atom is 0.253 e. The molecule has 2 atom stereocenters. The number of aromatic nitrogens is 3. The summed E-state index contributed by atoms with van der Waals surface area (Å²) in [6.07, 6.45) is 6.54. The molecule has 2 aliphatic heterocycles. The Morgan fingerprint density at radius 1 is 1.07 bits per heavy atom. The number of nitrogens with zero attached hydrogens (tertiary/aromatic N) is 4. The van der Waals surface area contributed by atoms with E-state index in [4.69, 9.17) is 4.98 Å². The summed E-state index contributed by atoms with van der Waals surface area (Å²) < 4.78 is 15.4. The van der Waals surface area contributed by atoms with Gasteiger partial charge in [0.15, 0.2) is 0 Å². The minimum Gasteiger partial charge on any atom is -0.338 e. The highest BCUT2D eigenvalue weighted by atomic mass is 19.1. The van der Waals surface area contributed by atoms with Crippen LogP contribution in [0.2, 0.25) is 0 Å². The molecule has 0 radical (unpaired) electrons. The number of rotatable bonds is 2. The molecular formula is C21H19FN4O. The van der Waals surface area contributed by atoms with Gasteiger partial charge in [0.1, 0.15) is 11.6 Å². The number of fused-ring (bicyclic) bond motifs is 3. The van der Waals surface area contributed by atoms with Crippen LogP contribution in [0.25, 0.3) is 11.3 Å². The van der Waals surface area contributed by atoms with Crippen LogP contribution in [0.3, 0.4) is 0 Å². The fourth-order valence-electron chi connectivity index (χ4n) is 4.37. The van der Waals surface area contributed by atoms with E-state index in [2.05, 4.69) is 9.55 Å². The molecular weight excluding hydrogens is 343 g/mol. The third kappa shape index (κ3) is 2.72. The largest absolute Gasteiger partial charge is 0.338 e. The molecule has 0 aliphatic carbocycles. The van der Waals surface area contributed by atoms with Crippen molar-refractivity contribution in [3.8, 4) is 11.3 Å². The summed E-state index contributed by atoms with van der Waals surface area (Å²) in [6, 6.07) is 9.78. The average Bonchev–Trinajstić information content (AvgIpc) is 3.32. The molecule has 2 aliphatic rings. The van der Waals surface area contributed by atoms with E-state index in [1.165, 1.54) is 12.1 Å². The maximum absolute atomic E-state index is 13.1. The normalized spacial score (nSPS) is 21.0. The van der Waals surface area contributed by atoms with E-state index in [0.29, 0.717) is 18.0 Å². The molecule has 27 heavy (non-hydrogen) atoms. The molecule has 0 unspecified atom stereocenters. The van der Waals surface area contributed by atoms with Crippen LogP contribution in [0.15, 0.2) is 55.0 Å². The van der Waals surface area contributed by atoms with Crippen molar-refractivity contribution < 1.29 is 9.18 Å². The van der Waals surface area contributed by atoms with Crippen molar-refractivity contribution in [1.82, 2.24) is 19.4 Å². The summed E-state index contributed by atoms with van der Waals surface area (Å²) in [5.74, 6) is 1.38. The Morgan fingerprint density at radius 3 is 2.63 bits per heavy atom. The highest BCUT2D eigenvalue weighted by Gasteiger charge is 2.41. The van der Waals surface area contributed by atoms with Crippen molar-refractivity contribution in [1.29, 1.82) is 0 Å². The minimum atomic E-state index is -0.327. The number of pyridine rings is 1. The van der Waals surface area contributed by atoms with Crippen molar-refractivity contribution in [2.45, 2.75) is 18.9 Å². The van der Waals surface area contributed by atoms with Crippen molar-refractivity contribution in [3.63, 3.8) is 0 Å². The molecule has 1 amide bonds. The lowest BCUT2D eigenvalue weighted by molar-refractivity contribution is 0.0785. The van der Waals surface area contributed by atoms with Crippen LogP contribution < -0.4 is 0 Å². The van der Waals surface area contributed by atoms with E-state index in [0.717, 1.165) is 36.6 Å². The summed E-state index contributed by atoms with van der Waals surface area (Å²) in [5.41, 5.74) is 2.75. The van der Waals surface area contributed by atoms with Crippen molar-refractivity contribution in [2.24, 2.45) is 5.92 Å². The summed E-state index contributed by atoms with van der Waals surface area (Å²) in [7, 11) is 0. The first kappa shape index (κ1) is 16.2. The molecule has 0 bridgehead atoms. The van der Waals surface area contributed by atoms with Gasteiger partial charge in [-0.2, -0.15) is 0 Å². The number of benzene rings is 1. The van der Waals surface area contributed by atoms with E-state index < -0.39 is 0 Å². The Morgan fingerprint density at radius 2 is 1.85 bits per heavy atom. The van der Waals surface area contributed by atoms with E-state index >= 15 is 0 Å². The highest BCUT2D eigenvalue weighted by Crippen LogP contribution is 2.40. The van der Waals surface area contributed by atoms with Gasteiger partial charge in [-0.1, -0.05) is 0 Å². The van der Waals surface area contributed by atoms with Crippen LogP contribution in [0.1, 0.15) is 28.5 Å². The molecule has 4 heterocycles. The second-order valence-corrected chi connectivity index (χ2v) is 7.26. The third-order valence-electron chi connectivity index (χ3n) is 5.74. The van der Waals surface area contributed by atoms with Gasteiger partial charge >= 0.3 is 0 Å². The number of carbonyl (C=O) groups is 1. The van der Waals surface area contributed by atoms with Gasteiger partial charge in [0.05, 0.1) is 11.9 Å². The van der Waals surface area contributed by atoms with Crippen LogP contribution in [0.4, 0.5) is 4.39 Å². The molecule has 0 spiro atoms. The molecule has 6 heteroatoms. The molecule has 0 N–H and O–H groups in total. The van der Waals surface area contributed by atoms with Crippen molar-refractivity contribution >= 4 is 5.91 Å². The molecule has 1 saturated heterocycles. The summed E-state index contributed by atoms with van der Waals surface area (Å²) in [5, 5.41) is 0. The topological polar surface area (TPSA) is 51.0 Å². The number of hydrogen-bond acceptors (Lipinski definition) is 3. The zero-order chi connectivity index (χ0) is 18.4. The van der Waals surface area contributed by atoms with E-state index in [1.807, 2.05) is 23.2 Å². The Balaban J connectivity index is 1.41. The second kappa shape index (κ2) is 6.30. The molecule has 5 nitrogen and oxygen atoms in total. The van der Waals surface area contributed by atoms with Gasteiger partial charge in [-0.25, -0.2) is 9.37 Å². The first-order valence-corrected chi connectivity index (χ1v) is 9.21. The van der Waals surface area contributed by atoms with Gasteiger partial charge in [-0.15, -0.1) is 0 Å². The van der Waals surface area contributed by atoms with Gasteiger partial charge in [-0.3, -0.25) is 9.78 Å². The molecule has 2 aromatic heterocycles. The standard InChI is InChI=1S/C21H19FN4O/c22-17-3-1-15(2-4-17)21(27)25-12-16-7-10-26-19(14-5-8-23-9-6-14)11-24-20(26)18(16)13-25/h1-6,8-9,11,16,18H,7,10,12-13H2/t16-,18-/m0/s1. The van der Waals surface area contributed by atoms with Crippen LogP contribution >= 0.6 is 0 Å². The van der Waals surface area contributed by atoms with Crippen LogP contribution in [0, 0.1) is 11.7 Å². The zero-order valence-electron chi connectivity index (χ0n) is 14.8. The Kier molecular flexibility index (Phi) is 3.77. The van der Waals surface area contributed by atoms with Crippen molar-refractivity contribution in [2.75, 3.05) is 13.1 Å². The SMILES string of the molecule is O=C(c1ccc(F)cc1)N1C[C@@H]2CCn3c(-c4ccncc4)cnc3[C@H]2C1. The van der Waals surface area contributed by atoms with Gasteiger partial charge in [0.25, 0.3) is 5.91 Å². The van der Waals surface area contributed by atoms with Crippen LogP contribution in [-0.2, 0) is 6.54 Å². The Labute approximate surface area is 156 Å². The van der Waals surface area contributed by atoms with Gasteiger partial charge < -0.3 is 9.47 Å². The number of carbonyl (C=O) groups excluding carboxylic acids is 1. The maximum atomic E-state index is 13.1. The predicted molar refractivity (Wildman–Crippen MR) is 98.6 cm³/mol. The van der Waals surface area contributed by atoms with Gasteiger partial charge in [0, 0.05) is 49.1 Å². The number of amides is 1. The number of likely N-dealkylation sites (tertiary alicyclic amines) is 1. The van der Waals surface area contributed by atoms with Gasteiger partial charge in [0.2, 0.25) is 0 Å². The molecule has 1 aromatic carbocycles. The number of imidazole rings is 1. The van der Waals surface area contributed by atoms with Gasteiger partial charge in [-0.05, 0) is 48.7 Å². The highest BCUT2D eigenvalue weighted by molar-refractivity contribution is 5.94. The smallest absolute Gasteiger partial charge is 0.253 e. The fourth-order valence-corrected chi connectivity index (χ4v) is 4.37. The lowest BCUT2D eigenvalue weighted by Gasteiger charge is -2.26. The molecule has 136 valence electrons. The average molecular weight is 362 g/mol. The third-order valence-corrected chi connectivity index (χ3v) is 5.74. The molecule has 5 rings (SSSR count). The van der Waals surface area contributed by atoms with E-state index in [9.17, 15) is 9.18 Å². The van der Waals surface area contributed by atoms with Crippen molar-refractivity contribution in [3.05, 3.63) is 72.2 Å². The monoisotopic (exact) mass is 362 g/mol. The minimum absolute atomic E-state index is 0.0307. The molecule has 3 aromatic rings.